The van der Waals surface area contributed by atoms with E-state index in [4.69, 9.17) is 17.0 Å². The zero-order valence-electron chi connectivity index (χ0n) is 20.5. The summed E-state index contributed by atoms with van der Waals surface area (Å²) < 4.78 is 5.21. The van der Waals surface area contributed by atoms with Crippen LogP contribution in [-0.4, -0.2) is 38.1 Å². The van der Waals surface area contributed by atoms with Gasteiger partial charge in [0.2, 0.25) is 0 Å². The van der Waals surface area contributed by atoms with E-state index in [1.54, 1.807) is 7.11 Å². The number of thiocarbonyl (C=S) groups is 1. The fourth-order valence-corrected chi connectivity index (χ4v) is 3.72. The minimum Gasteiger partial charge on any atom is -0.497 e. The first kappa shape index (κ1) is 25.2. The molecule has 5 nitrogen and oxygen atoms in total. The van der Waals surface area contributed by atoms with E-state index in [2.05, 4.69) is 36.3 Å². The number of ketones is 1. The molecule has 0 atom stereocenters. The van der Waals surface area contributed by atoms with Crippen LogP contribution in [0.25, 0.3) is 0 Å². The van der Waals surface area contributed by atoms with Crippen LogP contribution < -0.4 is 20.3 Å². The first-order chi connectivity index (χ1) is 16.2. The molecule has 0 aromatic heterocycles. The largest absolute Gasteiger partial charge is 0.497 e. The molecule has 0 amide bonds. The summed E-state index contributed by atoms with van der Waals surface area (Å²) in [6.07, 6.45) is 0. The van der Waals surface area contributed by atoms with E-state index in [-0.39, 0.29) is 11.2 Å². The molecular weight excluding hydrogens is 442 g/mol. The molecule has 34 heavy (non-hydrogen) atoms. The average molecular weight is 476 g/mol. The Morgan fingerprint density at radius 2 is 1.65 bits per heavy atom. The highest BCUT2D eigenvalue weighted by Crippen LogP contribution is 2.23. The summed E-state index contributed by atoms with van der Waals surface area (Å²) in [6.45, 7) is 7.93. The Morgan fingerprint density at radius 3 is 2.26 bits per heavy atom. The lowest BCUT2D eigenvalue weighted by Crippen LogP contribution is -2.35. The van der Waals surface area contributed by atoms with Crippen molar-refractivity contribution in [3.05, 3.63) is 89.5 Å². The summed E-state index contributed by atoms with van der Waals surface area (Å²) in [4.78, 5) is 15.1. The summed E-state index contributed by atoms with van der Waals surface area (Å²) in [5.41, 5.74) is 4.43. The van der Waals surface area contributed by atoms with E-state index in [9.17, 15) is 4.79 Å². The van der Waals surface area contributed by atoms with E-state index in [0.717, 1.165) is 23.7 Å². The van der Waals surface area contributed by atoms with Crippen molar-refractivity contribution in [1.29, 1.82) is 0 Å². The van der Waals surface area contributed by atoms with Crippen molar-refractivity contribution in [2.45, 2.75) is 26.2 Å². The summed E-state index contributed by atoms with van der Waals surface area (Å²) in [7, 11) is 3.69. The standard InChI is InChI=1S/C28H33N3O2S/c1-28(2,3)22-11-9-20(10-12-22)26(32)21-7-6-8-23(19-21)30-27(34)29-17-18-31(4)24-13-15-25(33-5)16-14-24/h6-16,19H,17-18H2,1-5H3,(H2,29,30,34). The summed E-state index contributed by atoms with van der Waals surface area (Å²) >= 11 is 5.45. The predicted molar refractivity (Wildman–Crippen MR) is 146 cm³/mol. The maximum atomic E-state index is 13.0. The molecular formula is C28H33N3O2S. The maximum absolute atomic E-state index is 13.0. The normalized spacial score (nSPS) is 11.0. The lowest BCUT2D eigenvalue weighted by Gasteiger charge is -2.20. The molecule has 0 aliphatic heterocycles. The van der Waals surface area contributed by atoms with Crippen molar-refractivity contribution >= 4 is 34.5 Å². The minimum atomic E-state index is -0.0101. The lowest BCUT2D eigenvalue weighted by molar-refractivity contribution is 0.103. The summed E-state index contributed by atoms with van der Waals surface area (Å²) in [5.74, 6) is 0.826. The molecule has 3 aromatic carbocycles. The van der Waals surface area contributed by atoms with Crippen LogP contribution in [0.15, 0.2) is 72.8 Å². The third-order valence-corrected chi connectivity index (χ3v) is 5.89. The van der Waals surface area contributed by atoms with Gasteiger partial charge in [-0.1, -0.05) is 57.2 Å². The number of hydrogen-bond donors (Lipinski definition) is 2. The zero-order valence-corrected chi connectivity index (χ0v) is 21.3. The second-order valence-corrected chi connectivity index (χ2v) is 9.65. The Bertz CT molecular complexity index is 1120. The number of hydrogen-bond acceptors (Lipinski definition) is 4. The molecule has 0 bridgehead atoms. The van der Waals surface area contributed by atoms with Crippen LogP contribution in [0.4, 0.5) is 11.4 Å². The highest BCUT2D eigenvalue weighted by atomic mass is 32.1. The minimum absolute atomic E-state index is 0.0101. The monoisotopic (exact) mass is 475 g/mol. The van der Waals surface area contributed by atoms with Gasteiger partial charge in [0.15, 0.2) is 10.9 Å². The van der Waals surface area contributed by atoms with Gasteiger partial charge in [-0.2, -0.15) is 0 Å². The van der Waals surface area contributed by atoms with Crippen molar-refractivity contribution in [2.24, 2.45) is 0 Å². The molecule has 3 rings (SSSR count). The molecule has 3 aromatic rings. The second kappa shape index (κ2) is 11.2. The van der Waals surface area contributed by atoms with Gasteiger partial charge in [0.1, 0.15) is 5.75 Å². The summed E-state index contributed by atoms with van der Waals surface area (Å²) in [5, 5.41) is 6.92. The van der Waals surface area contributed by atoms with Crippen molar-refractivity contribution < 1.29 is 9.53 Å². The molecule has 178 valence electrons. The summed E-state index contributed by atoms with van der Waals surface area (Å²) in [6, 6.07) is 23.2. The van der Waals surface area contributed by atoms with Gasteiger partial charge >= 0.3 is 0 Å². The Balaban J connectivity index is 1.54. The lowest BCUT2D eigenvalue weighted by atomic mass is 9.86. The fourth-order valence-electron chi connectivity index (χ4n) is 3.50. The molecule has 2 N–H and O–H groups in total. The Hall–Kier alpha value is -3.38. The highest BCUT2D eigenvalue weighted by Gasteiger charge is 2.15. The van der Waals surface area contributed by atoms with Crippen LogP contribution in [0.3, 0.4) is 0 Å². The van der Waals surface area contributed by atoms with Gasteiger partial charge < -0.3 is 20.3 Å². The molecule has 0 fully saturated rings. The second-order valence-electron chi connectivity index (χ2n) is 9.24. The number of carbonyl (C=O) groups excluding carboxylic acids is 1. The van der Waals surface area contributed by atoms with E-state index in [1.165, 1.54) is 5.56 Å². The molecule has 0 aliphatic rings. The molecule has 0 saturated heterocycles. The molecule has 0 aliphatic carbocycles. The van der Waals surface area contributed by atoms with Crippen LogP contribution in [0.5, 0.6) is 5.75 Å². The van der Waals surface area contributed by atoms with Gasteiger partial charge in [-0.15, -0.1) is 0 Å². The van der Waals surface area contributed by atoms with Gasteiger partial charge in [-0.05, 0) is 59.6 Å². The van der Waals surface area contributed by atoms with Crippen LogP contribution in [0.1, 0.15) is 42.3 Å². The first-order valence-electron chi connectivity index (χ1n) is 11.3. The topological polar surface area (TPSA) is 53.6 Å². The number of benzene rings is 3. The number of ether oxygens (including phenoxy) is 1. The van der Waals surface area contributed by atoms with Crippen molar-refractivity contribution in [1.82, 2.24) is 5.32 Å². The van der Waals surface area contributed by atoms with E-state index < -0.39 is 0 Å². The quantitative estimate of drug-likeness (QED) is 0.325. The number of anilines is 2. The van der Waals surface area contributed by atoms with Gasteiger partial charge in [0, 0.05) is 42.6 Å². The number of nitrogens with one attached hydrogen (secondary N) is 2. The first-order valence-corrected chi connectivity index (χ1v) is 11.7. The number of carbonyl (C=O) groups is 1. The average Bonchev–Trinajstić information content (AvgIpc) is 2.83. The number of methoxy groups -OCH3 is 1. The van der Waals surface area contributed by atoms with Crippen molar-refractivity contribution in [3.8, 4) is 5.75 Å². The number of likely N-dealkylation sites (N-methyl/N-ethyl adjacent to an activating group) is 1. The smallest absolute Gasteiger partial charge is 0.193 e. The van der Waals surface area contributed by atoms with E-state index in [0.29, 0.717) is 22.8 Å². The predicted octanol–water partition coefficient (Wildman–Crippen LogP) is 5.65. The van der Waals surface area contributed by atoms with Gasteiger partial charge in [-0.3, -0.25) is 4.79 Å². The van der Waals surface area contributed by atoms with Gasteiger partial charge in [0.05, 0.1) is 7.11 Å². The fraction of sp³-hybridized carbons (Fsp3) is 0.286. The van der Waals surface area contributed by atoms with E-state index >= 15 is 0 Å². The Labute approximate surface area is 208 Å². The molecule has 0 radical (unpaired) electrons. The number of nitrogens with zero attached hydrogens (tertiary/aromatic N) is 1. The van der Waals surface area contributed by atoms with Crippen LogP contribution in [0, 0.1) is 0 Å². The maximum Gasteiger partial charge on any atom is 0.193 e. The molecule has 0 spiro atoms. The van der Waals surface area contributed by atoms with Crippen LogP contribution in [-0.2, 0) is 5.41 Å². The Morgan fingerprint density at radius 1 is 0.971 bits per heavy atom. The molecule has 0 saturated carbocycles. The SMILES string of the molecule is COc1ccc(N(C)CCNC(=S)Nc2cccc(C(=O)c3ccc(C(C)(C)C)cc3)c2)cc1. The van der Waals surface area contributed by atoms with Crippen molar-refractivity contribution in [2.75, 3.05) is 37.5 Å². The van der Waals surface area contributed by atoms with Crippen molar-refractivity contribution in [3.63, 3.8) is 0 Å². The molecule has 0 heterocycles. The van der Waals surface area contributed by atoms with E-state index in [1.807, 2.05) is 79.8 Å². The molecule has 6 heteroatoms. The van der Waals surface area contributed by atoms with Gasteiger partial charge in [0.25, 0.3) is 0 Å². The van der Waals surface area contributed by atoms with Crippen LogP contribution in [0.2, 0.25) is 0 Å². The number of rotatable bonds is 8. The van der Waals surface area contributed by atoms with Gasteiger partial charge in [-0.25, -0.2) is 0 Å². The highest BCUT2D eigenvalue weighted by molar-refractivity contribution is 7.80. The zero-order chi connectivity index (χ0) is 24.7. The third kappa shape index (κ3) is 6.81. The Kier molecular flexibility index (Phi) is 8.29. The molecule has 0 unspecified atom stereocenters. The van der Waals surface area contributed by atoms with Crippen LogP contribution >= 0.6 is 12.2 Å². The third-order valence-electron chi connectivity index (χ3n) is 5.64.